The zero-order valence-electron chi connectivity index (χ0n) is 13.8. The number of fused-ring (bicyclic) bond motifs is 1. The number of aromatic nitrogens is 1. The third-order valence-corrected chi connectivity index (χ3v) is 4.98. The van der Waals surface area contributed by atoms with Gasteiger partial charge in [0, 0.05) is 30.1 Å². The van der Waals surface area contributed by atoms with Crippen LogP contribution in [0.4, 0.5) is 5.69 Å². The molecule has 22 heavy (non-hydrogen) atoms. The number of anilines is 1. The minimum atomic E-state index is -0.234. The van der Waals surface area contributed by atoms with Crippen LogP contribution in [0.1, 0.15) is 37.9 Å². The average Bonchev–Trinajstić information content (AvgIpc) is 2.53. The number of aliphatic hydroxyl groups excluding tert-OH is 1. The Bertz CT molecular complexity index is 666. The first-order valence-electron chi connectivity index (χ1n) is 8.43. The van der Waals surface area contributed by atoms with Crippen LogP contribution in [0.3, 0.4) is 0 Å². The Hall–Kier alpha value is -1.61. The lowest BCUT2D eigenvalue weighted by Gasteiger charge is -2.37. The van der Waals surface area contributed by atoms with Gasteiger partial charge in [-0.2, -0.15) is 0 Å². The molecule has 2 aromatic rings. The van der Waals surface area contributed by atoms with E-state index in [9.17, 15) is 5.11 Å². The summed E-state index contributed by atoms with van der Waals surface area (Å²) in [5.74, 6) is 0.366. The van der Waals surface area contributed by atoms with Crippen LogP contribution in [-0.2, 0) is 6.42 Å². The molecule has 2 unspecified atom stereocenters. The Morgan fingerprint density at radius 1 is 1.36 bits per heavy atom. The predicted octanol–water partition coefficient (Wildman–Crippen LogP) is 3.70. The van der Waals surface area contributed by atoms with Crippen LogP contribution in [-0.4, -0.2) is 29.3 Å². The third kappa shape index (κ3) is 2.70. The zero-order chi connectivity index (χ0) is 15.7. The molecule has 3 heteroatoms. The first-order valence-corrected chi connectivity index (χ1v) is 8.43. The van der Waals surface area contributed by atoms with Gasteiger partial charge in [0.15, 0.2) is 0 Å². The summed E-state index contributed by atoms with van der Waals surface area (Å²) < 4.78 is 0. The molecular weight excluding hydrogens is 272 g/mol. The topological polar surface area (TPSA) is 36.4 Å². The maximum absolute atomic E-state index is 10.00. The molecule has 0 aliphatic carbocycles. The number of nitrogens with zero attached hydrogens (tertiary/aromatic N) is 2. The average molecular weight is 298 g/mol. The quantitative estimate of drug-likeness (QED) is 0.938. The number of pyridine rings is 1. The van der Waals surface area contributed by atoms with E-state index in [1.807, 2.05) is 6.92 Å². The minimum absolute atomic E-state index is 0.234. The fourth-order valence-electron chi connectivity index (χ4n) is 3.74. The van der Waals surface area contributed by atoms with E-state index in [0.29, 0.717) is 5.92 Å². The zero-order valence-corrected chi connectivity index (χ0v) is 13.8. The van der Waals surface area contributed by atoms with E-state index >= 15 is 0 Å². The van der Waals surface area contributed by atoms with E-state index in [2.05, 4.69) is 43.0 Å². The molecule has 1 fully saturated rings. The Kier molecular flexibility index (Phi) is 4.34. The van der Waals surface area contributed by atoms with Crippen LogP contribution in [0.5, 0.6) is 0 Å². The van der Waals surface area contributed by atoms with E-state index in [0.717, 1.165) is 43.6 Å². The van der Waals surface area contributed by atoms with Crippen LogP contribution in [0.2, 0.25) is 0 Å². The number of aryl methyl sites for hydroxylation is 1. The largest absolute Gasteiger partial charge is 0.393 e. The number of hydrogen-bond acceptors (Lipinski definition) is 3. The number of rotatable bonds is 3. The van der Waals surface area contributed by atoms with Crippen molar-refractivity contribution in [2.45, 2.75) is 46.1 Å². The molecule has 0 bridgehead atoms. The van der Waals surface area contributed by atoms with Gasteiger partial charge in [0.1, 0.15) is 0 Å². The summed E-state index contributed by atoms with van der Waals surface area (Å²) in [5, 5.41) is 11.2. The van der Waals surface area contributed by atoms with Gasteiger partial charge in [0.05, 0.1) is 17.3 Å². The standard InChI is InChI=1S/C19H26N2O/c1-4-16-13(2)20-18-10-6-5-9-17(18)19(16)21-11-7-8-15(12-21)14(3)22/h5-6,9-10,14-15,22H,4,7-8,11-12H2,1-3H3. The highest BCUT2D eigenvalue weighted by Crippen LogP contribution is 2.35. The molecule has 0 spiro atoms. The summed E-state index contributed by atoms with van der Waals surface area (Å²) in [4.78, 5) is 7.26. The molecule has 0 radical (unpaired) electrons. The first-order chi connectivity index (χ1) is 10.6. The molecule has 0 saturated carbocycles. The first kappa shape index (κ1) is 15.3. The molecule has 2 heterocycles. The molecule has 1 aliphatic heterocycles. The number of para-hydroxylation sites is 1. The minimum Gasteiger partial charge on any atom is -0.393 e. The second-order valence-electron chi connectivity index (χ2n) is 6.48. The lowest BCUT2D eigenvalue weighted by Crippen LogP contribution is -2.40. The lowest BCUT2D eigenvalue weighted by molar-refractivity contribution is 0.115. The Labute approximate surface area is 133 Å². The highest BCUT2D eigenvalue weighted by molar-refractivity contribution is 5.94. The highest BCUT2D eigenvalue weighted by atomic mass is 16.3. The summed E-state index contributed by atoms with van der Waals surface area (Å²) >= 11 is 0. The normalized spacial score (nSPS) is 20.4. The molecule has 1 aliphatic rings. The van der Waals surface area contributed by atoms with Crippen molar-refractivity contribution in [1.82, 2.24) is 4.98 Å². The van der Waals surface area contributed by atoms with Crippen molar-refractivity contribution in [3.8, 4) is 0 Å². The second-order valence-corrected chi connectivity index (χ2v) is 6.48. The molecule has 0 amide bonds. The molecule has 1 N–H and O–H groups in total. The summed E-state index contributed by atoms with van der Waals surface area (Å²) in [5.41, 5.74) is 4.91. The third-order valence-electron chi connectivity index (χ3n) is 4.98. The van der Waals surface area contributed by atoms with Crippen molar-refractivity contribution >= 4 is 16.6 Å². The molecular formula is C19H26N2O. The van der Waals surface area contributed by atoms with Crippen LogP contribution in [0.25, 0.3) is 10.9 Å². The number of benzene rings is 1. The molecule has 3 rings (SSSR count). The van der Waals surface area contributed by atoms with Crippen LogP contribution < -0.4 is 4.90 Å². The van der Waals surface area contributed by atoms with Gasteiger partial charge in [0.2, 0.25) is 0 Å². The fourth-order valence-corrected chi connectivity index (χ4v) is 3.74. The Balaban J connectivity index is 2.12. The monoisotopic (exact) mass is 298 g/mol. The van der Waals surface area contributed by atoms with Crippen molar-refractivity contribution in [1.29, 1.82) is 0 Å². The van der Waals surface area contributed by atoms with Crippen molar-refractivity contribution in [2.75, 3.05) is 18.0 Å². The van der Waals surface area contributed by atoms with Gasteiger partial charge < -0.3 is 10.0 Å². The predicted molar refractivity (Wildman–Crippen MR) is 92.5 cm³/mol. The van der Waals surface area contributed by atoms with Crippen molar-refractivity contribution in [2.24, 2.45) is 5.92 Å². The van der Waals surface area contributed by atoms with E-state index in [1.165, 1.54) is 16.6 Å². The molecule has 1 aromatic carbocycles. The van der Waals surface area contributed by atoms with Gasteiger partial charge >= 0.3 is 0 Å². The molecule has 118 valence electrons. The molecule has 3 nitrogen and oxygen atoms in total. The summed E-state index contributed by atoms with van der Waals surface area (Å²) in [6, 6.07) is 8.43. The van der Waals surface area contributed by atoms with Gasteiger partial charge in [-0.3, -0.25) is 4.98 Å². The van der Waals surface area contributed by atoms with Gasteiger partial charge in [-0.25, -0.2) is 0 Å². The molecule has 2 atom stereocenters. The summed E-state index contributed by atoms with van der Waals surface area (Å²) in [6.45, 7) is 8.26. The van der Waals surface area contributed by atoms with E-state index in [-0.39, 0.29) is 6.10 Å². The smallest absolute Gasteiger partial charge is 0.0726 e. The summed E-state index contributed by atoms with van der Waals surface area (Å²) in [7, 11) is 0. The van der Waals surface area contributed by atoms with Crippen molar-refractivity contribution < 1.29 is 5.11 Å². The number of hydrogen-bond donors (Lipinski definition) is 1. The SMILES string of the molecule is CCc1c(C)nc2ccccc2c1N1CCCC(C(C)O)C1. The maximum Gasteiger partial charge on any atom is 0.0726 e. The van der Waals surface area contributed by atoms with Gasteiger partial charge in [0.25, 0.3) is 0 Å². The molecule has 1 aromatic heterocycles. The number of piperidine rings is 1. The Morgan fingerprint density at radius 3 is 2.86 bits per heavy atom. The highest BCUT2D eigenvalue weighted by Gasteiger charge is 2.26. The van der Waals surface area contributed by atoms with E-state index < -0.39 is 0 Å². The van der Waals surface area contributed by atoms with Crippen molar-refractivity contribution in [3.05, 3.63) is 35.5 Å². The van der Waals surface area contributed by atoms with Gasteiger partial charge in [-0.1, -0.05) is 25.1 Å². The van der Waals surface area contributed by atoms with E-state index in [1.54, 1.807) is 0 Å². The fraction of sp³-hybridized carbons (Fsp3) is 0.526. The Morgan fingerprint density at radius 2 is 2.14 bits per heavy atom. The van der Waals surface area contributed by atoms with Gasteiger partial charge in [-0.15, -0.1) is 0 Å². The van der Waals surface area contributed by atoms with Crippen LogP contribution >= 0.6 is 0 Å². The molecule has 1 saturated heterocycles. The van der Waals surface area contributed by atoms with Crippen molar-refractivity contribution in [3.63, 3.8) is 0 Å². The van der Waals surface area contributed by atoms with Crippen LogP contribution in [0.15, 0.2) is 24.3 Å². The van der Waals surface area contributed by atoms with Gasteiger partial charge in [-0.05, 0) is 44.7 Å². The number of aliphatic hydroxyl groups is 1. The second kappa shape index (κ2) is 6.25. The maximum atomic E-state index is 10.00. The van der Waals surface area contributed by atoms with E-state index in [4.69, 9.17) is 4.98 Å². The van der Waals surface area contributed by atoms with Crippen LogP contribution in [0, 0.1) is 12.8 Å². The lowest BCUT2D eigenvalue weighted by atomic mass is 9.91. The summed E-state index contributed by atoms with van der Waals surface area (Å²) in [6.07, 6.45) is 3.03.